The Labute approximate surface area is 146 Å². The quantitative estimate of drug-likeness (QED) is 0.524. The molecule has 0 fully saturated rings. The van der Waals surface area contributed by atoms with Gasteiger partial charge in [0.2, 0.25) is 5.89 Å². The van der Waals surface area contributed by atoms with Gasteiger partial charge in [0, 0.05) is 16.5 Å². The van der Waals surface area contributed by atoms with E-state index in [-0.39, 0.29) is 15.9 Å². The van der Waals surface area contributed by atoms with E-state index >= 15 is 0 Å². The zero-order chi connectivity index (χ0) is 16.3. The van der Waals surface area contributed by atoms with Crippen LogP contribution in [0.4, 0.5) is 0 Å². The highest BCUT2D eigenvalue weighted by molar-refractivity contribution is 9.11. The van der Waals surface area contributed by atoms with Crippen molar-refractivity contribution < 1.29 is 19.4 Å². The normalized spacial score (nSPS) is 11.7. The van der Waals surface area contributed by atoms with Gasteiger partial charge >= 0.3 is 5.97 Å². The monoisotopic (exact) mass is 448 g/mol. The van der Waals surface area contributed by atoms with Gasteiger partial charge in [-0.1, -0.05) is 22.9 Å². The maximum absolute atomic E-state index is 11.4. The number of hydrogen-bond donors (Lipinski definition) is 2. The first kappa shape index (κ1) is 17.0. The van der Waals surface area contributed by atoms with Gasteiger partial charge in [-0.05, 0) is 45.9 Å². The number of nitrogens with zero attached hydrogens (tertiary/aromatic N) is 2. The zero-order valence-corrected chi connectivity index (χ0v) is 15.2. The largest absolute Gasteiger partial charge is 0.506 e. The number of aromatic hydroxyl groups is 1. The fraction of sp³-hybridized carbons (Fsp3) is 0.154. The van der Waals surface area contributed by atoms with E-state index in [2.05, 4.69) is 42.1 Å². The Bertz CT molecular complexity index is 746. The molecule has 0 aliphatic heterocycles. The fourth-order valence-corrected chi connectivity index (χ4v) is 3.43. The van der Waals surface area contributed by atoms with Crippen molar-refractivity contribution in [2.45, 2.75) is 18.6 Å². The van der Waals surface area contributed by atoms with Gasteiger partial charge in [0.05, 0.1) is 4.47 Å². The van der Waals surface area contributed by atoms with Gasteiger partial charge in [-0.15, -0.1) is 10.2 Å². The number of carbonyl (C=O) groups is 1. The van der Waals surface area contributed by atoms with Crippen molar-refractivity contribution in [2.75, 3.05) is 0 Å². The lowest BCUT2D eigenvalue weighted by atomic mass is 10.2. The van der Waals surface area contributed by atoms with Crippen LogP contribution in [0.2, 0.25) is 0 Å². The minimum Gasteiger partial charge on any atom is -0.506 e. The van der Waals surface area contributed by atoms with Gasteiger partial charge in [0.15, 0.2) is 0 Å². The summed E-state index contributed by atoms with van der Waals surface area (Å²) in [6.07, 6.45) is 1.91. The highest BCUT2D eigenvalue weighted by Crippen LogP contribution is 2.35. The molecule has 0 saturated heterocycles. The standard InChI is InChI=1S/C13H10Br2N2O4S/c1-2-10-16-17-13(21-10)22-9(12(19)20)4-6-3-7(14)5-8(15)11(6)18/h3-5,18H,2H2,1H3,(H,19,20)/b9-4-. The van der Waals surface area contributed by atoms with E-state index in [1.807, 2.05) is 6.92 Å². The number of hydrogen-bond acceptors (Lipinski definition) is 6. The molecular formula is C13H10Br2N2O4S. The second-order valence-corrected chi connectivity index (χ2v) is 6.82. The van der Waals surface area contributed by atoms with Crippen molar-refractivity contribution in [1.29, 1.82) is 0 Å². The number of aromatic nitrogens is 2. The topological polar surface area (TPSA) is 96.5 Å². The molecule has 0 aliphatic carbocycles. The van der Waals surface area contributed by atoms with Crippen molar-refractivity contribution in [3.63, 3.8) is 0 Å². The first-order valence-electron chi connectivity index (χ1n) is 6.04. The number of rotatable bonds is 5. The number of aryl methyl sites for hydroxylation is 1. The Morgan fingerprint density at radius 2 is 2.14 bits per heavy atom. The molecule has 0 unspecified atom stereocenters. The molecule has 1 aromatic carbocycles. The van der Waals surface area contributed by atoms with E-state index in [9.17, 15) is 15.0 Å². The summed E-state index contributed by atoms with van der Waals surface area (Å²) >= 11 is 7.31. The summed E-state index contributed by atoms with van der Waals surface area (Å²) in [7, 11) is 0. The number of halogens is 2. The molecule has 22 heavy (non-hydrogen) atoms. The summed E-state index contributed by atoms with van der Waals surface area (Å²) in [4.78, 5) is 11.3. The number of benzene rings is 1. The average molecular weight is 450 g/mol. The van der Waals surface area contributed by atoms with Crippen LogP contribution in [0.3, 0.4) is 0 Å². The predicted octanol–water partition coefficient (Wildman–Crippen LogP) is 4.08. The van der Waals surface area contributed by atoms with Crippen molar-refractivity contribution in [1.82, 2.24) is 10.2 Å². The van der Waals surface area contributed by atoms with Crippen LogP contribution in [0.1, 0.15) is 18.4 Å². The van der Waals surface area contributed by atoms with Gasteiger partial charge in [-0.3, -0.25) is 0 Å². The minimum absolute atomic E-state index is 0.0494. The summed E-state index contributed by atoms with van der Waals surface area (Å²) in [5, 5.41) is 27.0. The van der Waals surface area contributed by atoms with Crippen molar-refractivity contribution in [3.8, 4) is 5.75 Å². The lowest BCUT2D eigenvalue weighted by molar-refractivity contribution is -0.131. The van der Waals surface area contributed by atoms with Crippen LogP contribution in [0.25, 0.3) is 6.08 Å². The first-order valence-corrected chi connectivity index (χ1v) is 8.44. The molecule has 2 N–H and O–H groups in total. The van der Waals surface area contributed by atoms with Crippen molar-refractivity contribution >= 4 is 55.7 Å². The smallest absolute Gasteiger partial charge is 0.342 e. The lowest BCUT2D eigenvalue weighted by Crippen LogP contribution is -1.97. The molecule has 0 spiro atoms. The molecular weight excluding hydrogens is 440 g/mol. The van der Waals surface area contributed by atoms with E-state index < -0.39 is 5.97 Å². The number of carboxylic acid groups (broad SMARTS) is 1. The number of thioether (sulfide) groups is 1. The summed E-state index contributed by atoms with van der Waals surface area (Å²) in [6.45, 7) is 1.85. The van der Waals surface area contributed by atoms with Crippen LogP contribution >= 0.6 is 43.6 Å². The fourth-order valence-electron chi connectivity index (χ4n) is 1.49. The maximum Gasteiger partial charge on any atom is 0.342 e. The second kappa shape index (κ2) is 7.30. The van der Waals surface area contributed by atoms with Crippen LogP contribution in [0.5, 0.6) is 5.75 Å². The number of phenolic OH excluding ortho intramolecular Hbond substituents is 1. The van der Waals surface area contributed by atoms with Gasteiger partial charge < -0.3 is 14.6 Å². The Balaban J connectivity index is 2.37. The van der Waals surface area contributed by atoms with Gasteiger partial charge in [0.1, 0.15) is 10.7 Å². The molecule has 2 rings (SSSR count). The lowest BCUT2D eigenvalue weighted by Gasteiger charge is -2.05. The molecule has 0 saturated carbocycles. The third-order valence-corrected chi connectivity index (χ3v) is 4.42. The molecule has 0 aliphatic rings. The second-order valence-electron chi connectivity index (χ2n) is 4.06. The minimum atomic E-state index is -1.16. The maximum atomic E-state index is 11.4. The highest BCUT2D eigenvalue weighted by atomic mass is 79.9. The Hall–Kier alpha value is -1.32. The van der Waals surface area contributed by atoms with Crippen molar-refractivity contribution in [3.05, 3.63) is 37.4 Å². The molecule has 1 heterocycles. The van der Waals surface area contributed by atoms with Gasteiger partial charge in [-0.25, -0.2) is 4.79 Å². The average Bonchev–Trinajstić information content (AvgIpc) is 2.91. The van der Waals surface area contributed by atoms with Crippen LogP contribution in [-0.2, 0) is 11.2 Å². The molecule has 9 heteroatoms. The summed E-state index contributed by atoms with van der Waals surface area (Å²) in [5.41, 5.74) is 0.349. The van der Waals surface area contributed by atoms with E-state index in [1.165, 1.54) is 6.08 Å². The van der Waals surface area contributed by atoms with Crippen LogP contribution < -0.4 is 0 Å². The Kier molecular flexibility index (Phi) is 5.65. The molecule has 2 aromatic rings. The highest BCUT2D eigenvalue weighted by Gasteiger charge is 2.16. The molecule has 0 amide bonds. The van der Waals surface area contributed by atoms with E-state index in [1.54, 1.807) is 12.1 Å². The summed E-state index contributed by atoms with van der Waals surface area (Å²) in [5.74, 6) is -0.778. The summed E-state index contributed by atoms with van der Waals surface area (Å²) in [6, 6.07) is 3.26. The van der Waals surface area contributed by atoms with Crippen LogP contribution in [0, 0.1) is 0 Å². The van der Waals surface area contributed by atoms with E-state index in [4.69, 9.17) is 4.42 Å². The number of phenols is 1. The third kappa shape index (κ3) is 4.11. The third-order valence-electron chi connectivity index (χ3n) is 2.50. The van der Waals surface area contributed by atoms with Gasteiger partial charge in [-0.2, -0.15) is 0 Å². The molecule has 0 radical (unpaired) electrons. The number of aliphatic carboxylic acids is 1. The SMILES string of the molecule is CCc1nnc(S/C(=C\c2cc(Br)cc(Br)c2O)C(=O)O)o1. The summed E-state index contributed by atoms with van der Waals surface area (Å²) < 4.78 is 6.44. The van der Waals surface area contributed by atoms with Crippen LogP contribution in [0.15, 0.2) is 35.6 Å². The van der Waals surface area contributed by atoms with Gasteiger partial charge in [0.25, 0.3) is 5.22 Å². The van der Waals surface area contributed by atoms with Crippen LogP contribution in [-0.4, -0.2) is 26.4 Å². The van der Waals surface area contributed by atoms with Crippen molar-refractivity contribution in [2.24, 2.45) is 0 Å². The number of carboxylic acids is 1. The Morgan fingerprint density at radius 1 is 1.41 bits per heavy atom. The molecule has 1 aromatic heterocycles. The zero-order valence-electron chi connectivity index (χ0n) is 11.2. The first-order chi connectivity index (χ1) is 10.4. The molecule has 0 bridgehead atoms. The molecule has 116 valence electrons. The van der Waals surface area contributed by atoms with E-state index in [0.717, 1.165) is 11.8 Å². The Morgan fingerprint density at radius 3 is 2.73 bits per heavy atom. The van der Waals surface area contributed by atoms with E-state index in [0.29, 0.717) is 26.8 Å². The predicted molar refractivity (Wildman–Crippen MR) is 88.7 cm³/mol. The molecule has 6 nitrogen and oxygen atoms in total. The molecule has 0 atom stereocenters.